The molecule has 0 radical (unpaired) electrons. The van der Waals surface area contributed by atoms with E-state index < -0.39 is 0 Å². The van der Waals surface area contributed by atoms with Crippen LogP contribution in [0.25, 0.3) is 0 Å². The lowest BCUT2D eigenvalue weighted by Gasteiger charge is -2.31. The van der Waals surface area contributed by atoms with E-state index in [1.165, 1.54) is 12.0 Å². The third-order valence-corrected chi connectivity index (χ3v) is 3.44. The SMILES string of the molecule is CCC(C)N(Cc1ccccc1)CC(C)NC. The summed E-state index contributed by atoms with van der Waals surface area (Å²) >= 11 is 0. The first-order valence-corrected chi connectivity index (χ1v) is 6.62. The smallest absolute Gasteiger partial charge is 0.0237 e. The van der Waals surface area contributed by atoms with Crippen LogP contribution < -0.4 is 5.32 Å². The first kappa shape index (κ1) is 14.2. The summed E-state index contributed by atoms with van der Waals surface area (Å²) < 4.78 is 0. The third kappa shape index (κ3) is 4.88. The van der Waals surface area contributed by atoms with Gasteiger partial charge in [-0.1, -0.05) is 37.3 Å². The van der Waals surface area contributed by atoms with E-state index in [1.807, 2.05) is 7.05 Å². The number of likely N-dealkylation sites (N-methyl/N-ethyl adjacent to an activating group) is 1. The Hall–Kier alpha value is -0.860. The standard InChI is InChI=1S/C15H26N2/c1-5-14(3)17(11-13(2)16-4)12-15-9-7-6-8-10-15/h6-10,13-14,16H,5,11-12H2,1-4H3. The minimum Gasteiger partial charge on any atom is -0.316 e. The van der Waals surface area contributed by atoms with Crippen LogP contribution in [0.2, 0.25) is 0 Å². The lowest BCUT2D eigenvalue weighted by molar-refractivity contribution is 0.179. The van der Waals surface area contributed by atoms with Crippen molar-refractivity contribution < 1.29 is 0 Å². The highest BCUT2D eigenvalue weighted by atomic mass is 15.2. The Kier molecular flexibility index (Phi) is 6.23. The molecule has 2 atom stereocenters. The summed E-state index contributed by atoms with van der Waals surface area (Å²) in [5.74, 6) is 0. The fraction of sp³-hybridized carbons (Fsp3) is 0.600. The van der Waals surface area contributed by atoms with Gasteiger partial charge in [0.25, 0.3) is 0 Å². The zero-order chi connectivity index (χ0) is 12.7. The number of hydrogen-bond donors (Lipinski definition) is 1. The molecule has 1 rings (SSSR count). The highest BCUT2D eigenvalue weighted by Crippen LogP contribution is 2.11. The summed E-state index contributed by atoms with van der Waals surface area (Å²) in [4.78, 5) is 2.55. The van der Waals surface area contributed by atoms with Gasteiger partial charge in [0.15, 0.2) is 0 Å². The summed E-state index contributed by atoms with van der Waals surface area (Å²) in [6.07, 6.45) is 1.20. The van der Waals surface area contributed by atoms with Gasteiger partial charge in [-0.25, -0.2) is 0 Å². The second-order valence-corrected chi connectivity index (χ2v) is 4.86. The van der Waals surface area contributed by atoms with Gasteiger partial charge in [0.05, 0.1) is 0 Å². The molecule has 17 heavy (non-hydrogen) atoms. The van der Waals surface area contributed by atoms with Crippen LogP contribution >= 0.6 is 0 Å². The molecule has 0 spiro atoms. The fourth-order valence-corrected chi connectivity index (χ4v) is 1.92. The van der Waals surface area contributed by atoms with Crippen LogP contribution in [0.5, 0.6) is 0 Å². The van der Waals surface area contributed by atoms with Gasteiger partial charge < -0.3 is 5.32 Å². The highest BCUT2D eigenvalue weighted by Gasteiger charge is 2.14. The molecule has 0 heterocycles. The van der Waals surface area contributed by atoms with E-state index in [2.05, 4.69) is 61.3 Å². The second kappa shape index (κ2) is 7.46. The number of hydrogen-bond acceptors (Lipinski definition) is 2. The molecular formula is C15H26N2. The Morgan fingerprint density at radius 2 is 1.82 bits per heavy atom. The molecule has 2 unspecified atom stereocenters. The molecule has 0 fully saturated rings. The van der Waals surface area contributed by atoms with E-state index in [4.69, 9.17) is 0 Å². The van der Waals surface area contributed by atoms with Crippen LogP contribution in [0.15, 0.2) is 30.3 Å². The number of nitrogens with zero attached hydrogens (tertiary/aromatic N) is 1. The van der Waals surface area contributed by atoms with Crippen molar-refractivity contribution >= 4 is 0 Å². The van der Waals surface area contributed by atoms with Crippen LogP contribution in [-0.4, -0.2) is 30.6 Å². The molecule has 0 aliphatic heterocycles. The first-order chi connectivity index (χ1) is 8.17. The van der Waals surface area contributed by atoms with Gasteiger partial charge in [-0.05, 0) is 32.9 Å². The molecule has 0 aliphatic carbocycles. The Morgan fingerprint density at radius 3 is 2.35 bits per heavy atom. The van der Waals surface area contributed by atoms with Gasteiger partial charge in [-0.15, -0.1) is 0 Å². The number of benzene rings is 1. The molecule has 2 heteroatoms. The summed E-state index contributed by atoms with van der Waals surface area (Å²) in [5.41, 5.74) is 1.40. The molecule has 1 aromatic rings. The van der Waals surface area contributed by atoms with Crippen LogP contribution in [-0.2, 0) is 6.54 Å². The molecule has 0 aliphatic rings. The Labute approximate surface area is 106 Å². The fourth-order valence-electron chi connectivity index (χ4n) is 1.92. The average molecular weight is 234 g/mol. The summed E-state index contributed by atoms with van der Waals surface area (Å²) in [6.45, 7) is 8.95. The van der Waals surface area contributed by atoms with Gasteiger partial charge >= 0.3 is 0 Å². The Morgan fingerprint density at radius 1 is 1.18 bits per heavy atom. The molecule has 0 saturated carbocycles. The number of rotatable bonds is 7. The van der Waals surface area contributed by atoms with Gasteiger partial charge in [-0.3, -0.25) is 4.90 Å². The van der Waals surface area contributed by atoms with Crippen molar-refractivity contribution in [2.45, 2.75) is 45.8 Å². The summed E-state index contributed by atoms with van der Waals surface area (Å²) in [7, 11) is 2.03. The van der Waals surface area contributed by atoms with E-state index >= 15 is 0 Å². The molecular weight excluding hydrogens is 208 g/mol. The molecule has 1 N–H and O–H groups in total. The van der Waals surface area contributed by atoms with Gasteiger partial charge in [-0.2, -0.15) is 0 Å². The predicted octanol–water partition coefficient (Wildman–Crippen LogP) is 2.90. The van der Waals surface area contributed by atoms with E-state index in [0.29, 0.717) is 12.1 Å². The van der Waals surface area contributed by atoms with Crippen molar-refractivity contribution in [1.82, 2.24) is 10.2 Å². The maximum atomic E-state index is 3.32. The van der Waals surface area contributed by atoms with Crippen molar-refractivity contribution in [2.24, 2.45) is 0 Å². The zero-order valence-corrected chi connectivity index (χ0v) is 11.6. The van der Waals surface area contributed by atoms with Crippen molar-refractivity contribution in [1.29, 1.82) is 0 Å². The predicted molar refractivity (Wildman–Crippen MR) is 75.1 cm³/mol. The van der Waals surface area contributed by atoms with Crippen LogP contribution in [0.1, 0.15) is 32.8 Å². The second-order valence-electron chi connectivity index (χ2n) is 4.86. The Bertz CT molecular complexity index is 297. The van der Waals surface area contributed by atoms with E-state index in [1.54, 1.807) is 0 Å². The summed E-state index contributed by atoms with van der Waals surface area (Å²) in [5, 5.41) is 3.32. The highest BCUT2D eigenvalue weighted by molar-refractivity contribution is 5.14. The molecule has 2 nitrogen and oxygen atoms in total. The van der Waals surface area contributed by atoms with E-state index in [-0.39, 0.29) is 0 Å². The third-order valence-electron chi connectivity index (χ3n) is 3.44. The van der Waals surface area contributed by atoms with Crippen molar-refractivity contribution in [3.63, 3.8) is 0 Å². The molecule has 1 aromatic carbocycles. The molecule has 96 valence electrons. The maximum absolute atomic E-state index is 3.32. The van der Waals surface area contributed by atoms with Crippen molar-refractivity contribution in [3.8, 4) is 0 Å². The number of nitrogens with one attached hydrogen (secondary N) is 1. The molecule has 0 bridgehead atoms. The van der Waals surface area contributed by atoms with Crippen LogP contribution in [0, 0.1) is 0 Å². The topological polar surface area (TPSA) is 15.3 Å². The molecule has 0 amide bonds. The Balaban J connectivity index is 2.63. The quantitative estimate of drug-likeness (QED) is 0.780. The van der Waals surface area contributed by atoms with Gasteiger partial charge in [0.2, 0.25) is 0 Å². The lowest BCUT2D eigenvalue weighted by atomic mass is 10.1. The minimum absolute atomic E-state index is 0.535. The molecule has 0 aromatic heterocycles. The molecule has 0 saturated heterocycles. The van der Waals surface area contributed by atoms with Gasteiger partial charge in [0, 0.05) is 25.2 Å². The maximum Gasteiger partial charge on any atom is 0.0237 e. The minimum atomic E-state index is 0.535. The zero-order valence-electron chi connectivity index (χ0n) is 11.6. The normalized spacial score (nSPS) is 14.9. The van der Waals surface area contributed by atoms with Crippen LogP contribution in [0.3, 0.4) is 0 Å². The van der Waals surface area contributed by atoms with Crippen LogP contribution in [0.4, 0.5) is 0 Å². The average Bonchev–Trinajstić information content (AvgIpc) is 2.38. The largest absolute Gasteiger partial charge is 0.316 e. The van der Waals surface area contributed by atoms with Crippen molar-refractivity contribution in [3.05, 3.63) is 35.9 Å². The lowest BCUT2D eigenvalue weighted by Crippen LogP contribution is -2.41. The van der Waals surface area contributed by atoms with Crippen molar-refractivity contribution in [2.75, 3.05) is 13.6 Å². The monoisotopic (exact) mass is 234 g/mol. The summed E-state index contributed by atoms with van der Waals surface area (Å²) in [6, 6.07) is 11.9. The van der Waals surface area contributed by atoms with E-state index in [0.717, 1.165) is 13.1 Å². The first-order valence-electron chi connectivity index (χ1n) is 6.62. The van der Waals surface area contributed by atoms with E-state index in [9.17, 15) is 0 Å². The van der Waals surface area contributed by atoms with Gasteiger partial charge in [0.1, 0.15) is 0 Å².